The largest absolute Gasteiger partial charge is 0.507 e. The summed E-state index contributed by atoms with van der Waals surface area (Å²) in [5.41, 5.74) is 8.32. The van der Waals surface area contributed by atoms with E-state index < -0.39 is 0 Å². The van der Waals surface area contributed by atoms with Gasteiger partial charge in [-0.25, -0.2) is 5.01 Å². The van der Waals surface area contributed by atoms with Gasteiger partial charge in [-0.05, 0) is 42.0 Å². The van der Waals surface area contributed by atoms with Crippen LogP contribution in [0.25, 0.3) is 0 Å². The highest BCUT2D eigenvalue weighted by Gasteiger charge is 2.31. The summed E-state index contributed by atoms with van der Waals surface area (Å²) in [6, 6.07) is 14.8. The zero-order valence-corrected chi connectivity index (χ0v) is 13.5. The third-order valence-electron chi connectivity index (χ3n) is 3.85. The lowest BCUT2D eigenvalue weighted by Gasteiger charge is -2.22. The van der Waals surface area contributed by atoms with Crippen LogP contribution < -0.4 is 10.5 Å². The summed E-state index contributed by atoms with van der Waals surface area (Å²) in [6.45, 7) is 0. The molecule has 0 saturated carbocycles. The second-order valence-electron chi connectivity index (χ2n) is 5.24. The first-order valence-corrected chi connectivity index (χ1v) is 7.59. The average molecular weight is 327 g/mol. The third-order valence-corrected chi connectivity index (χ3v) is 4.04. The molecule has 5 nitrogen and oxygen atoms in total. The van der Waals surface area contributed by atoms with Crippen LogP contribution in [0.1, 0.15) is 23.6 Å². The van der Waals surface area contributed by atoms with Gasteiger partial charge in [0.2, 0.25) is 0 Å². The van der Waals surface area contributed by atoms with Crippen molar-refractivity contribution in [1.29, 1.82) is 0 Å². The van der Waals surface area contributed by atoms with Gasteiger partial charge >= 0.3 is 0 Å². The van der Waals surface area contributed by atoms with E-state index in [9.17, 15) is 5.11 Å². The number of aromatic hydroxyl groups is 1. The molecule has 0 aromatic heterocycles. The van der Waals surface area contributed by atoms with E-state index in [1.165, 1.54) is 0 Å². The van der Waals surface area contributed by atoms with Crippen LogP contribution in [-0.2, 0) is 0 Å². The number of ether oxygens (including phenoxy) is 1. The zero-order chi connectivity index (χ0) is 16.4. The molecule has 0 fully saturated rings. The van der Waals surface area contributed by atoms with Gasteiger partial charge in [-0.2, -0.15) is 5.10 Å². The Kier molecular flexibility index (Phi) is 4.16. The average Bonchev–Trinajstić information content (AvgIpc) is 3.01. The van der Waals surface area contributed by atoms with Crippen molar-refractivity contribution in [2.45, 2.75) is 12.5 Å². The van der Waals surface area contributed by atoms with Crippen molar-refractivity contribution in [3.05, 3.63) is 59.7 Å². The summed E-state index contributed by atoms with van der Waals surface area (Å²) < 4.78 is 5.19. The second kappa shape index (κ2) is 6.26. The molecule has 0 amide bonds. The molecule has 6 heteroatoms. The van der Waals surface area contributed by atoms with E-state index in [-0.39, 0.29) is 16.9 Å². The summed E-state index contributed by atoms with van der Waals surface area (Å²) in [7, 11) is 1.63. The quantitative estimate of drug-likeness (QED) is 0.848. The Morgan fingerprint density at radius 3 is 2.57 bits per heavy atom. The zero-order valence-electron chi connectivity index (χ0n) is 12.6. The maximum Gasteiger partial charge on any atom is 0.187 e. The lowest BCUT2D eigenvalue weighted by atomic mass is 9.98. The summed E-state index contributed by atoms with van der Waals surface area (Å²) in [5, 5.41) is 16.4. The summed E-state index contributed by atoms with van der Waals surface area (Å²) in [6.07, 6.45) is 0.612. The van der Waals surface area contributed by atoms with E-state index in [2.05, 4.69) is 5.10 Å². The number of hydrazone groups is 1. The van der Waals surface area contributed by atoms with Crippen molar-refractivity contribution in [3.8, 4) is 11.5 Å². The van der Waals surface area contributed by atoms with Gasteiger partial charge in [0.25, 0.3) is 0 Å². The smallest absolute Gasteiger partial charge is 0.187 e. The minimum atomic E-state index is -0.0898. The number of thiocarbonyl (C=S) groups is 1. The molecular weight excluding hydrogens is 310 g/mol. The number of benzene rings is 2. The fraction of sp³-hybridized carbons (Fsp3) is 0.176. The van der Waals surface area contributed by atoms with Gasteiger partial charge in [-0.15, -0.1) is 0 Å². The van der Waals surface area contributed by atoms with Gasteiger partial charge in [0.15, 0.2) is 5.11 Å². The Labute approximate surface area is 140 Å². The predicted octanol–water partition coefficient (Wildman–Crippen LogP) is 2.80. The fourth-order valence-electron chi connectivity index (χ4n) is 2.68. The molecule has 3 N–H and O–H groups in total. The maximum absolute atomic E-state index is 10.0. The van der Waals surface area contributed by atoms with Gasteiger partial charge in [-0.1, -0.05) is 24.3 Å². The van der Waals surface area contributed by atoms with Crippen molar-refractivity contribution in [2.24, 2.45) is 10.8 Å². The summed E-state index contributed by atoms with van der Waals surface area (Å²) in [5.74, 6) is 0.986. The van der Waals surface area contributed by atoms with Crippen LogP contribution in [0.15, 0.2) is 53.6 Å². The molecule has 0 radical (unpaired) electrons. The van der Waals surface area contributed by atoms with Crippen LogP contribution in [0.4, 0.5) is 0 Å². The van der Waals surface area contributed by atoms with Crippen LogP contribution in [0.2, 0.25) is 0 Å². The highest BCUT2D eigenvalue weighted by molar-refractivity contribution is 7.80. The molecule has 23 heavy (non-hydrogen) atoms. The number of phenols is 1. The number of phenolic OH excluding ortho intramolecular Hbond substituents is 1. The first-order chi connectivity index (χ1) is 11.1. The Balaban J connectivity index is 1.94. The van der Waals surface area contributed by atoms with E-state index >= 15 is 0 Å². The Morgan fingerprint density at radius 2 is 1.96 bits per heavy atom. The molecule has 1 aliphatic rings. The molecule has 0 saturated heterocycles. The predicted molar refractivity (Wildman–Crippen MR) is 93.6 cm³/mol. The Bertz CT molecular complexity index is 759. The Hall–Kier alpha value is -2.60. The number of hydrogen-bond acceptors (Lipinski definition) is 4. The molecule has 1 aliphatic heterocycles. The van der Waals surface area contributed by atoms with E-state index in [1.807, 2.05) is 36.4 Å². The summed E-state index contributed by atoms with van der Waals surface area (Å²) >= 11 is 5.13. The van der Waals surface area contributed by atoms with Crippen LogP contribution in [0, 0.1) is 0 Å². The van der Waals surface area contributed by atoms with Gasteiger partial charge in [0.05, 0.1) is 18.9 Å². The van der Waals surface area contributed by atoms with Crippen molar-refractivity contribution >= 4 is 23.0 Å². The molecule has 1 atom stereocenters. The van der Waals surface area contributed by atoms with Crippen molar-refractivity contribution < 1.29 is 9.84 Å². The minimum absolute atomic E-state index is 0.0898. The highest BCUT2D eigenvalue weighted by atomic mass is 32.1. The first kappa shape index (κ1) is 15.3. The summed E-state index contributed by atoms with van der Waals surface area (Å²) in [4.78, 5) is 0. The van der Waals surface area contributed by atoms with E-state index in [1.54, 1.807) is 24.3 Å². The minimum Gasteiger partial charge on any atom is -0.507 e. The Morgan fingerprint density at radius 1 is 1.26 bits per heavy atom. The monoisotopic (exact) mass is 327 g/mol. The lowest BCUT2D eigenvalue weighted by Crippen LogP contribution is -2.31. The standard InChI is InChI=1S/C17H17N3O2S/c1-22-12-8-6-11(7-9-12)15-10-14(19-20(15)17(18)23)13-4-2-3-5-16(13)21/h2-9,15,21H,10H2,1H3,(H2,18,23). The van der Waals surface area contributed by atoms with Gasteiger partial charge in [0, 0.05) is 12.0 Å². The lowest BCUT2D eigenvalue weighted by molar-refractivity contribution is 0.371. The molecule has 118 valence electrons. The number of nitrogens with zero attached hydrogens (tertiary/aromatic N) is 2. The van der Waals surface area contributed by atoms with E-state index in [4.69, 9.17) is 22.7 Å². The number of methoxy groups -OCH3 is 1. The van der Waals surface area contributed by atoms with Crippen LogP contribution in [0.5, 0.6) is 11.5 Å². The fourth-order valence-corrected chi connectivity index (χ4v) is 2.85. The SMILES string of the molecule is COc1ccc(C2CC(c3ccccc3O)=NN2C(N)=S)cc1. The molecule has 2 aromatic carbocycles. The van der Waals surface area contributed by atoms with Gasteiger partial charge in [0.1, 0.15) is 11.5 Å². The molecule has 2 aromatic rings. The molecule has 0 aliphatic carbocycles. The molecule has 1 heterocycles. The van der Waals surface area contributed by atoms with E-state index in [0.29, 0.717) is 12.0 Å². The molecule has 1 unspecified atom stereocenters. The van der Waals surface area contributed by atoms with Crippen molar-refractivity contribution in [2.75, 3.05) is 7.11 Å². The molecular formula is C17H17N3O2S. The van der Waals surface area contributed by atoms with Crippen molar-refractivity contribution in [1.82, 2.24) is 5.01 Å². The maximum atomic E-state index is 10.0. The third kappa shape index (κ3) is 2.98. The second-order valence-corrected chi connectivity index (χ2v) is 5.66. The van der Waals surface area contributed by atoms with Crippen molar-refractivity contribution in [3.63, 3.8) is 0 Å². The number of rotatable bonds is 3. The van der Waals surface area contributed by atoms with Gasteiger partial charge < -0.3 is 15.6 Å². The first-order valence-electron chi connectivity index (χ1n) is 7.18. The normalized spacial score (nSPS) is 17.0. The van der Waals surface area contributed by atoms with Crippen LogP contribution >= 0.6 is 12.2 Å². The molecule has 0 bridgehead atoms. The van der Waals surface area contributed by atoms with Gasteiger partial charge in [-0.3, -0.25) is 0 Å². The topological polar surface area (TPSA) is 71.1 Å². The van der Waals surface area contributed by atoms with Crippen LogP contribution in [0.3, 0.4) is 0 Å². The molecule has 0 spiro atoms. The highest BCUT2D eigenvalue weighted by Crippen LogP contribution is 2.34. The number of hydrogen-bond donors (Lipinski definition) is 2. The number of nitrogens with two attached hydrogens (primary N) is 1. The molecule has 3 rings (SSSR count). The van der Waals surface area contributed by atoms with E-state index in [0.717, 1.165) is 17.0 Å². The number of para-hydroxylation sites is 1. The van der Waals surface area contributed by atoms with Crippen LogP contribution in [-0.4, -0.2) is 28.0 Å².